The quantitative estimate of drug-likeness (QED) is 0.755. The van der Waals surface area contributed by atoms with Gasteiger partial charge in [0, 0.05) is 19.1 Å². The second-order valence-electron chi connectivity index (χ2n) is 7.21. The number of carbonyl (C=O) groups excluding carboxylic acids is 1. The molecule has 2 aliphatic rings. The molecule has 0 heterocycles. The smallest absolute Gasteiger partial charge is 0.220 e. The molecule has 0 aromatic heterocycles. The molecule has 0 bridgehead atoms. The van der Waals surface area contributed by atoms with Crippen LogP contribution in [0.25, 0.3) is 0 Å². The maximum absolute atomic E-state index is 12.4. The largest absolute Gasteiger partial charge is 0.508 e. The van der Waals surface area contributed by atoms with E-state index in [0.29, 0.717) is 18.3 Å². The van der Waals surface area contributed by atoms with Crippen LogP contribution in [0.5, 0.6) is 5.75 Å². The van der Waals surface area contributed by atoms with Crippen LogP contribution in [0.1, 0.15) is 56.4 Å². The summed E-state index contributed by atoms with van der Waals surface area (Å²) in [6.45, 7) is 0.269. The molecule has 1 aromatic rings. The lowest BCUT2D eigenvalue weighted by atomic mass is 9.86. The van der Waals surface area contributed by atoms with Crippen LogP contribution in [0.4, 0.5) is 0 Å². The van der Waals surface area contributed by atoms with Crippen molar-refractivity contribution in [2.45, 2.75) is 56.9 Å². The molecule has 3 rings (SSSR count). The van der Waals surface area contributed by atoms with E-state index in [1.165, 1.54) is 12.8 Å². The molecule has 0 radical (unpaired) electrons. The lowest BCUT2D eigenvalue weighted by molar-refractivity contribution is -0.122. The zero-order chi connectivity index (χ0) is 16.2. The molecule has 3 N–H and O–H groups in total. The molecule has 1 aromatic carbocycles. The average molecular weight is 317 g/mol. The molecule has 2 fully saturated rings. The SMILES string of the molecule is O=C(CC(c1ccc(O)cc1)C1CC1)NC1CCC(CO)CC1. The van der Waals surface area contributed by atoms with Gasteiger partial charge in [0.05, 0.1) is 0 Å². The number of benzene rings is 1. The summed E-state index contributed by atoms with van der Waals surface area (Å²) in [6.07, 6.45) is 6.89. The van der Waals surface area contributed by atoms with Crippen molar-refractivity contribution < 1.29 is 15.0 Å². The number of carbonyl (C=O) groups is 1. The number of amides is 1. The monoisotopic (exact) mass is 317 g/mol. The molecular weight excluding hydrogens is 290 g/mol. The third kappa shape index (κ3) is 4.47. The molecule has 126 valence electrons. The average Bonchev–Trinajstić information content (AvgIpc) is 3.39. The highest BCUT2D eigenvalue weighted by Crippen LogP contribution is 2.44. The van der Waals surface area contributed by atoms with Crippen LogP contribution in [0, 0.1) is 11.8 Å². The van der Waals surface area contributed by atoms with Crippen molar-refractivity contribution in [2.75, 3.05) is 6.61 Å². The van der Waals surface area contributed by atoms with Crippen LogP contribution in [-0.4, -0.2) is 28.8 Å². The first-order valence-corrected chi connectivity index (χ1v) is 8.85. The van der Waals surface area contributed by atoms with Crippen LogP contribution in [-0.2, 0) is 4.79 Å². The minimum Gasteiger partial charge on any atom is -0.508 e. The number of hydrogen-bond donors (Lipinski definition) is 3. The van der Waals surface area contributed by atoms with Gasteiger partial charge in [0.25, 0.3) is 0 Å². The van der Waals surface area contributed by atoms with Crippen molar-refractivity contribution in [3.05, 3.63) is 29.8 Å². The Labute approximate surface area is 137 Å². The number of phenolic OH excluding ortho intramolecular Hbond substituents is 1. The van der Waals surface area contributed by atoms with E-state index in [-0.39, 0.29) is 30.2 Å². The van der Waals surface area contributed by atoms with Crippen molar-refractivity contribution in [1.29, 1.82) is 0 Å². The van der Waals surface area contributed by atoms with Gasteiger partial charge in [-0.3, -0.25) is 4.79 Å². The predicted molar refractivity (Wildman–Crippen MR) is 89.2 cm³/mol. The van der Waals surface area contributed by atoms with E-state index >= 15 is 0 Å². The van der Waals surface area contributed by atoms with Crippen LogP contribution in [0.3, 0.4) is 0 Å². The van der Waals surface area contributed by atoms with E-state index in [9.17, 15) is 15.0 Å². The van der Waals surface area contributed by atoms with Crippen LogP contribution in [0.15, 0.2) is 24.3 Å². The zero-order valence-corrected chi connectivity index (χ0v) is 13.6. The Morgan fingerprint density at radius 3 is 2.30 bits per heavy atom. The Balaban J connectivity index is 1.54. The minimum absolute atomic E-state index is 0.141. The first-order chi connectivity index (χ1) is 11.2. The molecule has 2 aliphatic carbocycles. The van der Waals surface area contributed by atoms with Crippen molar-refractivity contribution in [3.63, 3.8) is 0 Å². The molecule has 1 amide bonds. The van der Waals surface area contributed by atoms with Crippen LogP contribution in [0.2, 0.25) is 0 Å². The van der Waals surface area contributed by atoms with E-state index in [4.69, 9.17) is 0 Å². The summed E-state index contributed by atoms with van der Waals surface area (Å²) in [5.74, 6) is 1.70. The fourth-order valence-corrected chi connectivity index (χ4v) is 3.75. The standard InChI is InChI=1S/C19H27NO3/c21-12-13-1-7-16(8-2-13)20-19(23)11-18(14-3-4-14)15-5-9-17(22)10-6-15/h5-6,9-10,13-14,16,18,21-22H,1-4,7-8,11-12H2,(H,20,23). The van der Waals surface area contributed by atoms with Crippen molar-refractivity contribution in [3.8, 4) is 5.75 Å². The van der Waals surface area contributed by atoms with Gasteiger partial charge in [-0.25, -0.2) is 0 Å². The summed E-state index contributed by atoms with van der Waals surface area (Å²) in [6, 6.07) is 7.57. The van der Waals surface area contributed by atoms with Gasteiger partial charge in [-0.05, 0) is 74.0 Å². The van der Waals surface area contributed by atoms with Crippen LogP contribution < -0.4 is 5.32 Å². The van der Waals surface area contributed by atoms with Crippen molar-refractivity contribution >= 4 is 5.91 Å². The number of aromatic hydroxyl groups is 1. The maximum atomic E-state index is 12.4. The number of aliphatic hydroxyl groups is 1. The highest BCUT2D eigenvalue weighted by atomic mass is 16.3. The van der Waals surface area contributed by atoms with Crippen LogP contribution >= 0.6 is 0 Å². The topological polar surface area (TPSA) is 69.6 Å². The molecule has 0 aliphatic heterocycles. The Bertz CT molecular complexity index is 516. The van der Waals surface area contributed by atoms with E-state index in [0.717, 1.165) is 31.2 Å². The summed E-state index contributed by atoms with van der Waals surface area (Å²) in [7, 11) is 0. The maximum Gasteiger partial charge on any atom is 0.220 e. The number of nitrogens with one attached hydrogen (secondary N) is 1. The van der Waals surface area contributed by atoms with Crippen molar-refractivity contribution in [1.82, 2.24) is 5.32 Å². The van der Waals surface area contributed by atoms with Gasteiger partial charge in [-0.15, -0.1) is 0 Å². The first-order valence-electron chi connectivity index (χ1n) is 8.85. The molecular formula is C19H27NO3. The number of rotatable bonds is 6. The fourth-order valence-electron chi connectivity index (χ4n) is 3.75. The lowest BCUT2D eigenvalue weighted by Crippen LogP contribution is -2.38. The molecule has 23 heavy (non-hydrogen) atoms. The summed E-state index contributed by atoms with van der Waals surface area (Å²) in [4.78, 5) is 12.4. The Kier molecular flexibility index (Phi) is 5.21. The minimum atomic E-state index is 0.141. The fraction of sp³-hybridized carbons (Fsp3) is 0.632. The van der Waals surface area contributed by atoms with Gasteiger partial charge in [0.1, 0.15) is 5.75 Å². The summed E-state index contributed by atoms with van der Waals surface area (Å²) >= 11 is 0. The molecule has 0 spiro atoms. The van der Waals surface area contributed by atoms with Gasteiger partial charge in [-0.2, -0.15) is 0 Å². The normalized spacial score (nSPS) is 25.8. The number of aliphatic hydroxyl groups excluding tert-OH is 1. The van der Waals surface area contributed by atoms with E-state index in [1.54, 1.807) is 12.1 Å². The summed E-state index contributed by atoms with van der Waals surface area (Å²) in [5.41, 5.74) is 1.16. The first kappa shape index (κ1) is 16.3. The predicted octanol–water partition coefficient (Wildman–Crippen LogP) is 2.94. The molecule has 2 saturated carbocycles. The van der Waals surface area contributed by atoms with Gasteiger partial charge >= 0.3 is 0 Å². The Morgan fingerprint density at radius 1 is 1.09 bits per heavy atom. The number of phenols is 1. The van der Waals surface area contributed by atoms with Crippen molar-refractivity contribution in [2.24, 2.45) is 11.8 Å². The highest BCUT2D eigenvalue weighted by Gasteiger charge is 2.34. The number of hydrogen-bond acceptors (Lipinski definition) is 3. The zero-order valence-electron chi connectivity index (χ0n) is 13.6. The second-order valence-corrected chi connectivity index (χ2v) is 7.21. The highest BCUT2D eigenvalue weighted by molar-refractivity contribution is 5.77. The summed E-state index contributed by atoms with van der Waals surface area (Å²) < 4.78 is 0. The molecule has 1 atom stereocenters. The molecule has 4 heteroatoms. The van der Waals surface area contributed by atoms with Gasteiger partial charge in [0.15, 0.2) is 0 Å². The van der Waals surface area contributed by atoms with E-state index < -0.39 is 0 Å². The third-order valence-corrected chi connectivity index (χ3v) is 5.39. The lowest BCUT2D eigenvalue weighted by Gasteiger charge is -2.28. The molecule has 0 saturated heterocycles. The van der Waals surface area contributed by atoms with E-state index in [1.807, 2.05) is 12.1 Å². The molecule has 1 unspecified atom stereocenters. The third-order valence-electron chi connectivity index (χ3n) is 5.39. The Morgan fingerprint density at radius 2 is 1.74 bits per heavy atom. The van der Waals surface area contributed by atoms with Gasteiger partial charge in [0.2, 0.25) is 5.91 Å². The second kappa shape index (κ2) is 7.35. The van der Waals surface area contributed by atoms with Gasteiger partial charge < -0.3 is 15.5 Å². The van der Waals surface area contributed by atoms with E-state index in [2.05, 4.69) is 5.32 Å². The summed E-state index contributed by atoms with van der Waals surface area (Å²) in [5, 5.41) is 21.8. The van der Waals surface area contributed by atoms with Gasteiger partial charge in [-0.1, -0.05) is 12.1 Å². The Hall–Kier alpha value is -1.55. The molecule has 4 nitrogen and oxygen atoms in total.